The summed E-state index contributed by atoms with van der Waals surface area (Å²) >= 11 is -5.12. The van der Waals surface area contributed by atoms with Gasteiger partial charge in [0.25, 0.3) is 0 Å². The molecule has 0 fully saturated rings. The number of hydrogen-bond acceptors (Lipinski definition) is 1. The fraction of sp³-hybridized carbons (Fsp3) is 0. The van der Waals surface area contributed by atoms with Gasteiger partial charge in [-0.25, -0.2) is 0 Å². The molecule has 0 bridgehead atoms. The minimum atomic E-state index is -5.12. The van der Waals surface area contributed by atoms with Crippen LogP contribution in [0.15, 0.2) is 0 Å². The molecular weight excluding hydrogens is 179 g/mol. The fourth-order valence-corrected chi connectivity index (χ4v) is 0. The van der Waals surface area contributed by atoms with Gasteiger partial charge in [-0.3, -0.25) is 0 Å². The van der Waals surface area contributed by atoms with Gasteiger partial charge in [-0.2, -0.15) is 0 Å². The van der Waals surface area contributed by atoms with E-state index in [-0.39, 0.29) is 40.6 Å². The molecule has 4 nitrogen and oxygen atoms in total. The molecule has 6 heteroatoms. The molecule has 0 aromatic carbocycles. The van der Waals surface area contributed by atoms with Crippen LogP contribution in [0.3, 0.4) is 0 Å². The smallest absolute Gasteiger partial charge is 1.00 e. The predicted molar refractivity (Wildman–Crippen MR) is 21.1 cm³/mol. The average molecular weight is 184 g/mol. The van der Waals surface area contributed by atoms with Crippen molar-refractivity contribution in [3.8, 4) is 0 Å². The summed E-state index contributed by atoms with van der Waals surface area (Å²) in [6.45, 7) is 0. The van der Waals surface area contributed by atoms with Crippen molar-refractivity contribution >= 4 is 52.3 Å². The molecule has 0 unspecified atom stereocenters. The van der Waals surface area contributed by atoms with E-state index in [0.717, 1.165) is 0 Å². The molecule has 0 heterocycles. The third kappa shape index (κ3) is 49.6. The van der Waals surface area contributed by atoms with Gasteiger partial charge >= 0.3 is 68.3 Å². The second kappa shape index (κ2) is 3.49. The van der Waals surface area contributed by atoms with E-state index in [1.807, 2.05) is 0 Å². The van der Waals surface area contributed by atoms with E-state index in [2.05, 4.69) is 0 Å². The van der Waals surface area contributed by atoms with E-state index in [4.69, 9.17) is 16.0 Å². The molecule has 0 spiro atoms. The summed E-state index contributed by atoms with van der Waals surface area (Å²) < 4.78 is 30.7. The van der Waals surface area contributed by atoms with E-state index in [1.165, 1.54) is 0 Å². The Morgan fingerprint density at radius 3 is 1.33 bits per heavy atom. The van der Waals surface area contributed by atoms with Crippen LogP contribution in [0.25, 0.3) is 0 Å². The van der Waals surface area contributed by atoms with Gasteiger partial charge in [0.1, 0.15) is 0 Å². The molecule has 0 aliphatic rings. The number of rotatable bonds is 0. The van der Waals surface area contributed by atoms with Crippen molar-refractivity contribution in [3.63, 3.8) is 0 Å². The summed E-state index contributed by atoms with van der Waals surface area (Å²) in [5.41, 5.74) is 0. The molecule has 0 aromatic heterocycles. The van der Waals surface area contributed by atoms with Crippen LogP contribution in [-0.2, 0) is 3.74 Å². The van der Waals surface area contributed by atoms with Crippen molar-refractivity contribution in [2.45, 2.75) is 0 Å². The summed E-state index contributed by atoms with van der Waals surface area (Å²) in [5, 5.41) is 0. The summed E-state index contributed by atoms with van der Waals surface area (Å²) in [7, 11) is 0. The van der Waals surface area contributed by atoms with Gasteiger partial charge in [0.2, 0.25) is 0 Å². The maximum absolute atomic E-state index is 8.94. The van der Waals surface area contributed by atoms with E-state index in [9.17, 15) is 0 Å². The van der Waals surface area contributed by atoms with Gasteiger partial charge < -0.3 is 2.85 Å². The molecule has 0 aliphatic heterocycles. The quantitative estimate of drug-likeness (QED) is 0.369. The molecule has 0 amide bonds. The molecule has 36 valence electrons. The van der Waals surface area contributed by atoms with Crippen LogP contribution in [0, 0.1) is 0 Å². The topological polar surface area (TPSA) is 77.8 Å². The van der Waals surface area contributed by atoms with Gasteiger partial charge in [0, 0.05) is 0 Å². The van der Waals surface area contributed by atoms with Gasteiger partial charge in [0.15, 0.2) is 0 Å². The second-order valence-corrected chi connectivity index (χ2v) is 2.67. The largest absolute Gasteiger partial charge is 2.00 e. The first-order chi connectivity index (χ1) is 2.00. The van der Waals surface area contributed by atoms with Crippen molar-refractivity contribution in [1.82, 2.24) is 0 Å². The third-order valence-electron chi connectivity index (χ3n) is 0. The molecule has 0 rings (SSSR count). The van der Waals surface area contributed by atoms with Crippen LogP contribution in [0.2, 0.25) is 0 Å². The van der Waals surface area contributed by atoms with Crippen LogP contribution in [0.4, 0.5) is 0 Å². The minimum Gasteiger partial charge on any atom is -1.00 e. The van der Waals surface area contributed by atoms with E-state index in [1.54, 1.807) is 0 Å². The zero-order chi connectivity index (χ0) is 4.50. The Kier molecular flexibility index (Phi) is 6.10. The predicted octanol–water partition coefficient (Wildman–Crippen LogP) is -2.33. The summed E-state index contributed by atoms with van der Waals surface area (Å²) in [5.74, 6) is 0. The minimum absolute atomic E-state index is 0. The second-order valence-electron chi connectivity index (χ2n) is 0.513. The van der Waals surface area contributed by atoms with Gasteiger partial charge in [0.05, 0.1) is 0 Å². The van der Waals surface area contributed by atoms with Crippen molar-refractivity contribution in [1.29, 1.82) is 0 Å². The fourth-order valence-electron chi connectivity index (χ4n) is 0. The van der Waals surface area contributed by atoms with Crippen molar-refractivity contribution in [2.24, 2.45) is 0 Å². The first-order valence-electron chi connectivity index (χ1n) is 0.783. The van der Waals surface area contributed by atoms with Crippen LogP contribution in [0.1, 0.15) is 2.85 Å². The van der Waals surface area contributed by atoms with Crippen molar-refractivity contribution in [2.75, 3.05) is 0 Å². The molecule has 3 N–H and O–H groups in total. The summed E-state index contributed by atoms with van der Waals surface area (Å²) in [6.07, 6.45) is 0. The monoisotopic (exact) mass is 184 g/mol. The summed E-state index contributed by atoms with van der Waals surface area (Å²) in [4.78, 5) is 0. The average Bonchev–Trinajstić information content (AvgIpc) is 0.722. The Hall–Kier alpha value is 1.50. The Bertz CT molecular complexity index is 60.2. The molecule has 0 aliphatic carbocycles. The Labute approximate surface area is 70.5 Å². The maximum Gasteiger partial charge on any atom is 2.00 e. The maximum atomic E-state index is 8.94. The van der Waals surface area contributed by atoms with Crippen LogP contribution in [-0.4, -0.2) is 64.5 Å². The van der Waals surface area contributed by atoms with Crippen LogP contribution in [0.5, 0.6) is 0 Å². The SMILES string of the molecule is O=[As](O)(O)O.[Ca+2].[H-].[H-]. The number of hydrogen-bond donors (Lipinski definition) is 3. The molecule has 0 aromatic rings. The molecule has 6 heavy (non-hydrogen) atoms. The van der Waals surface area contributed by atoms with E-state index in [0.29, 0.717) is 0 Å². The van der Waals surface area contributed by atoms with E-state index >= 15 is 0 Å². The standard InChI is InChI=1S/AsH3O4.Ca.2H/c2-1(3,4)5;;;/h(H3,2,3,4,5);;;/q;+2;2*-1. The molecule has 0 saturated heterocycles. The third-order valence-corrected chi connectivity index (χ3v) is 0. The first-order valence-corrected chi connectivity index (χ1v) is 4.07. The normalized spacial score (nSPS) is 9.83. The first kappa shape index (κ1) is 10.5. The van der Waals surface area contributed by atoms with Crippen LogP contribution >= 0.6 is 0 Å². The van der Waals surface area contributed by atoms with Crippen molar-refractivity contribution in [3.05, 3.63) is 0 Å². The Morgan fingerprint density at radius 2 is 1.33 bits per heavy atom. The zero-order valence-corrected chi connectivity index (χ0v) is 6.99. The molecule has 0 saturated carbocycles. The van der Waals surface area contributed by atoms with Gasteiger partial charge in [-0.15, -0.1) is 0 Å². The molecule has 0 radical (unpaired) electrons. The van der Waals surface area contributed by atoms with E-state index < -0.39 is 14.5 Å². The van der Waals surface area contributed by atoms with Gasteiger partial charge in [-0.1, -0.05) is 0 Å². The molecular formula is H5AsCaO4. The van der Waals surface area contributed by atoms with Crippen molar-refractivity contribution < 1.29 is 18.9 Å². The molecule has 0 atom stereocenters. The van der Waals surface area contributed by atoms with Crippen LogP contribution < -0.4 is 0 Å². The Morgan fingerprint density at radius 1 is 1.33 bits per heavy atom. The summed E-state index contributed by atoms with van der Waals surface area (Å²) in [6, 6.07) is 0. The van der Waals surface area contributed by atoms with Gasteiger partial charge in [-0.05, 0) is 0 Å². The Balaban J connectivity index is -0.0000000267. The zero-order valence-electron chi connectivity index (χ0n) is 4.90.